The van der Waals surface area contributed by atoms with Gasteiger partial charge in [0.25, 0.3) is 0 Å². The predicted octanol–water partition coefficient (Wildman–Crippen LogP) is 1.70. The van der Waals surface area contributed by atoms with Crippen molar-refractivity contribution in [2.75, 3.05) is 12.4 Å². The van der Waals surface area contributed by atoms with E-state index in [-0.39, 0.29) is 0 Å². The Kier molecular flexibility index (Phi) is 5.50. The lowest BCUT2D eigenvalue weighted by molar-refractivity contribution is -0.150. The number of aliphatic carboxylic acids is 1. The van der Waals surface area contributed by atoms with Crippen LogP contribution in [-0.2, 0) is 16.6 Å². The number of carboxylic acids is 1. The van der Waals surface area contributed by atoms with Crippen LogP contribution < -0.4 is 0 Å². The van der Waals surface area contributed by atoms with Crippen molar-refractivity contribution in [1.29, 1.82) is 0 Å². The van der Waals surface area contributed by atoms with Crippen LogP contribution in [-0.4, -0.2) is 39.3 Å². The number of hydrogen-bond donors (Lipinski definition) is 1. The predicted molar refractivity (Wildman–Crippen MR) is 66.3 cm³/mol. The van der Waals surface area contributed by atoms with Crippen LogP contribution in [0.4, 0.5) is 0 Å². The third kappa shape index (κ3) is 4.40. The molecule has 96 valence electrons. The van der Waals surface area contributed by atoms with Crippen LogP contribution >= 0.6 is 11.8 Å². The number of ether oxygens (including phenoxy) is 1. The topological polar surface area (TPSA) is 64.4 Å². The Labute approximate surface area is 105 Å². The van der Waals surface area contributed by atoms with Crippen molar-refractivity contribution >= 4 is 17.7 Å². The normalized spacial score (nSPS) is 12.6. The molecule has 1 rings (SSSR count). The summed E-state index contributed by atoms with van der Waals surface area (Å²) in [7, 11) is 1.88. The molecule has 0 aliphatic rings. The highest BCUT2D eigenvalue weighted by molar-refractivity contribution is 7.99. The summed E-state index contributed by atoms with van der Waals surface area (Å²) >= 11 is 1.60. The van der Waals surface area contributed by atoms with E-state index in [0.29, 0.717) is 18.8 Å². The zero-order valence-electron chi connectivity index (χ0n) is 10.3. The van der Waals surface area contributed by atoms with Crippen molar-refractivity contribution in [3.05, 3.63) is 11.8 Å². The molecular formula is C11H18N2O3S. The summed E-state index contributed by atoms with van der Waals surface area (Å²) < 4.78 is 6.94. The van der Waals surface area contributed by atoms with Gasteiger partial charge in [0.1, 0.15) is 0 Å². The quantitative estimate of drug-likeness (QED) is 0.754. The van der Waals surface area contributed by atoms with Gasteiger partial charge in [-0.1, -0.05) is 0 Å². The molecule has 0 amide bonds. The number of hydrogen-bond acceptors (Lipinski definition) is 4. The van der Waals surface area contributed by atoms with Gasteiger partial charge in [-0.3, -0.25) is 4.68 Å². The van der Waals surface area contributed by atoms with E-state index in [4.69, 9.17) is 9.84 Å². The highest BCUT2D eigenvalue weighted by Gasteiger charge is 2.17. The van der Waals surface area contributed by atoms with E-state index >= 15 is 0 Å². The van der Waals surface area contributed by atoms with Gasteiger partial charge in [0.05, 0.1) is 10.7 Å². The molecule has 0 saturated heterocycles. The van der Waals surface area contributed by atoms with Gasteiger partial charge < -0.3 is 9.84 Å². The molecule has 1 unspecified atom stereocenters. The van der Waals surface area contributed by atoms with Crippen LogP contribution in [0.5, 0.6) is 0 Å². The van der Waals surface area contributed by atoms with Crippen molar-refractivity contribution in [2.45, 2.75) is 31.4 Å². The Morgan fingerprint density at radius 1 is 1.71 bits per heavy atom. The fourth-order valence-corrected chi connectivity index (χ4v) is 2.49. The minimum absolute atomic E-state index is 0.423. The number of nitrogens with zero attached hydrogens (tertiary/aromatic N) is 2. The fraction of sp³-hybridized carbons (Fsp3) is 0.636. The molecule has 1 atom stereocenters. The van der Waals surface area contributed by atoms with Crippen LogP contribution in [0.25, 0.3) is 0 Å². The van der Waals surface area contributed by atoms with Crippen LogP contribution in [0.1, 0.15) is 19.0 Å². The van der Waals surface area contributed by atoms with E-state index in [2.05, 4.69) is 5.10 Å². The fourth-order valence-electron chi connectivity index (χ4n) is 1.47. The molecule has 6 heteroatoms. The van der Waals surface area contributed by atoms with E-state index in [1.54, 1.807) is 23.4 Å². The smallest absolute Gasteiger partial charge is 0.332 e. The first-order valence-corrected chi connectivity index (χ1v) is 6.51. The van der Waals surface area contributed by atoms with Crippen molar-refractivity contribution in [2.24, 2.45) is 7.05 Å². The van der Waals surface area contributed by atoms with Gasteiger partial charge in [-0.15, -0.1) is 11.8 Å². The zero-order chi connectivity index (χ0) is 12.8. The highest BCUT2D eigenvalue weighted by atomic mass is 32.2. The second-order valence-electron chi connectivity index (χ2n) is 3.67. The molecule has 1 heterocycles. The third-order valence-corrected chi connectivity index (χ3v) is 3.35. The van der Waals surface area contributed by atoms with E-state index < -0.39 is 12.1 Å². The van der Waals surface area contributed by atoms with Crippen molar-refractivity contribution in [3.8, 4) is 0 Å². The maximum absolute atomic E-state index is 10.9. The Morgan fingerprint density at radius 3 is 2.88 bits per heavy atom. The Bertz CT molecular complexity index is 379. The molecule has 5 nitrogen and oxygen atoms in total. The van der Waals surface area contributed by atoms with Crippen LogP contribution in [0, 0.1) is 6.92 Å². The molecule has 0 fully saturated rings. The molecule has 0 aliphatic carbocycles. The molecule has 0 aromatic carbocycles. The Morgan fingerprint density at radius 2 is 2.41 bits per heavy atom. The van der Waals surface area contributed by atoms with Crippen LogP contribution in [0.15, 0.2) is 11.1 Å². The lowest BCUT2D eigenvalue weighted by atomic mass is 10.3. The largest absolute Gasteiger partial charge is 0.479 e. The van der Waals surface area contributed by atoms with Gasteiger partial charge >= 0.3 is 5.97 Å². The highest BCUT2D eigenvalue weighted by Crippen LogP contribution is 2.20. The van der Waals surface area contributed by atoms with Gasteiger partial charge in [-0.25, -0.2) is 4.79 Å². The van der Waals surface area contributed by atoms with E-state index in [1.807, 2.05) is 20.0 Å². The van der Waals surface area contributed by atoms with Crippen LogP contribution in [0.3, 0.4) is 0 Å². The third-order valence-electron chi connectivity index (χ3n) is 2.23. The van der Waals surface area contributed by atoms with Gasteiger partial charge in [-0.05, 0) is 26.3 Å². The summed E-state index contributed by atoms with van der Waals surface area (Å²) in [5.41, 5.74) is 0.967. The summed E-state index contributed by atoms with van der Waals surface area (Å²) in [4.78, 5) is 10.9. The molecule has 0 saturated carbocycles. The summed E-state index contributed by atoms with van der Waals surface area (Å²) in [5, 5.41) is 14.2. The molecule has 17 heavy (non-hydrogen) atoms. The summed E-state index contributed by atoms with van der Waals surface area (Å²) in [5.74, 6) is -0.190. The van der Waals surface area contributed by atoms with Crippen molar-refractivity contribution in [1.82, 2.24) is 9.78 Å². The van der Waals surface area contributed by atoms with Gasteiger partial charge in [0, 0.05) is 19.4 Å². The first-order valence-electron chi connectivity index (χ1n) is 5.52. The molecule has 0 spiro atoms. The molecule has 1 N–H and O–H groups in total. The Hall–Kier alpha value is -1.01. The zero-order valence-corrected chi connectivity index (χ0v) is 11.2. The lowest BCUT2D eigenvalue weighted by Crippen LogP contribution is -2.24. The van der Waals surface area contributed by atoms with Crippen molar-refractivity contribution in [3.63, 3.8) is 0 Å². The summed E-state index contributed by atoms with van der Waals surface area (Å²) in [6.45, 7) is 4.16. The molecule has 0 aliphatic heterocycles. The second kappa shape index (κ2) is 6.66. The maximum Gasteiger partial charge on any atom is 0.332 e. The minimum atomic E-state index is -0.895. The Balaban J connectivity index is 2.40. The van der Waals surface area contributed by atoms with Gasteiger partial charge in [0.15, 0.2) is 6.10 Å². The number of aryl methyl sites for hydroxylation is 2. The standard InChI is InChI=1S/C11H18N2O3S/c1-4-16-9(11(14)15)5-6-17-10-7-8(2)12-13(10)3/h7,9H,4-6H2,1-3H3,(H,14,15). The molecule has 0 bridgehead atoms. The van der Waals surface area contributed by atoms with E-state index in [9.17, 15) is 4.79 Å². The number of carbonyl (C=O) groups is 1. The SMILES string of the molecule is CCOC(CCSc1cc(C)nn1C)C(=O)O. The number of thioether (sulfide) groups is 1. The molecule has 1 aromatic rings. The number of rotatable bonds is 7. The molecule has 1 aromatic heterocycles. The van der Waals surface area contributed by atoms with Gasteiger partial charge in [-0.2, -0.15) is 5.10 Å². The summed E-state index contributed by atoms with van der Waals surface area (Å²) in [6, 6.07) is 1.99. The monoisotopic (exact) mass is 258 g/mol. The lowest BCUT2D eigenvalue weighted by Gasteiger charge is -2.11. The van der Waals surface area contributed by atoms with Crippen molar-refractivity contribution < 1.29 is 14.6 Å². The van der Waals surface area contributed by atoms with E-state index in [1.165, 1.54) is 0 Å². The van der Waals surface area contributed by atoms with Gasteiger partial charge in [0.2, 0.25) is 0 Å². The minimum Gasteiger partial charge on any atom is -0.479 e. The first-order chi connectivity index (χ1) is 8.04. The second-order valence-corrected chi connectivity index (χ2v) is 4.78. The maximum atomic E-state index is 10.9. The average molecular weight is 258 g/mol. The average Bonchev–Trinajstić information content (AvgIpc) is 2.56. The van der Waals surface area contributed by atoms with Crippen LogP contribution in [0.2, 0.25) is 0 Å². The summed E-state index contributed by atoms with van der Waals surface area (Å²) in [6.07, 6.45) is -0.209. The first kappa shape index (κ1) is 14.1. The number of carboxylic acid groups (broad SMARTS) is 1. The molecular weight excluding hydrogens is 240 g/mol. The number of aromatic nitrogens is 2. The van der Waals surface area contributed by atoms with E-state index in [0.717, 1.165) is 10.7 Å². The molecule has 0 radical (unpaired) electrons.